The van der Waals surface area contributed by atoms with Gasteiger partial charge in [-0.15, -0.1) is 0 Å². The molecule has 3 aromatic rings. The largest absolute Gasteiger partial charge is 0.369 e. The summed E-state index contributed by atoms with van der Waals surface area (Å²) < 4.78 is 2.05. The number of piperidine rings is 1. The van der Waals surface area contributed by atoms with Gasteiger partial charge in [-0.05, 0) is 42.6 Å². The number of nitrogens with zero attached hydrogens (tertiary/aromatic N) is 2. The molecule has 1 aliphatic rings. The maximum Gasteiger partial charge on any atom is 0.228 e. The van der Waals surface area contributed by atoms with Gasteiger partial charge >= 0.3 is 0 Å². The summed E-state index contributed by atoms with van der Waals surface area (Å²) in [7, 11) is 2.00. The lowest BCUT2D eigenvalue weighted by Gasteiger charge is -2.31. The van der Waals surface area contributed by atoms with Crippen LogP contribution in [0.25, 0.3) is 10.9 Å². The molecule has 1 aliphatic heterocycles. The maximum absolute atomic E-state index is 12.8. The molecule has 1 saturated heterocycles. The number of nitrogens with one attached hydrogen (secondary N) is 1. The Balaban J connectivity index is 1.46. The number of likely N-dealkylation sites (tertiary alicyclic amines) is 1. The van der Waals surface area contributed by atoms with E-state index in [1.807, 2.05) is 49.6 Å². The zero-order valence-corrected chi connectivity index (χ0v) is 17.3. The van der Waals surface area contributed by atoms with Crippen LogP contribution in [0.1, 0.15) is 24.0 Å². The first-order valence-electron chi connectivity index (χ1n) is 10.4. The Hall–Kier alpha value is -3.12. The molecular weight excluding hydrogens is 376 g/mol. The van der Waals surface area contributed by atoms with Crippen LogP contribution in [-0.2, 0) is 29.6 Å². The van der Waals surface area contributed by atoms with Crippen LogP contribution in [0, 0.1) is 5.92 Å². The number of rotatable bonds is 6. The molecule has 2 aromatic carbocycles. The first-order valence-corrected chi connectivity index (χ1v) is 10.4. The van der Waals surface area contributed by atoms with Gasteiger partial charge in [0.05, 0.1) is 12.3 Å². The molecule has 156 valence electrons. The fourth-order valence-electron chi connectivity index (χ4n) is 4.39. The van der Waals surface area contributed by atoms with Crippen LogP contribution in [-0.4, -0.2) is 34.4 Å². The molecule has 4 rings (SSSR count). The number of anilines is 1. The molecule has 0 radical (unpaired) electrons. The lowest BCUT2D eigenvalue weighted by atomic mass is 9.97. The Morgan fingerprint density at radius 3 is 2.70 bits per heavy atom. The van der Waals surface area contributed by atoms with Gasteiger partial charge in [0.15, 0.2) is 0 Å². The van der Waals surface area contributed by atoms with Gasteiger partial charge in [-0.2, -0.15) is 0 Å². The van der Waals surface area contributed by atoms with Gasteiger partial charge in [-0.1, -0.05) is 36.4 Å². The number of benzene rings is 2. The number of hydrogen-bond donors (Lipinski definition) is 2. The van der Waals surface area contributed by atoms with E-state index in [2.05, 4.69) is 26.9 Å². The number of aryl methyl sites for hydroxylation is 1. The van der Waals surface area contributed by atoms with Crippen LogP contribution in [0.3, 0.4) is 0 Å². The minimum atomic E-state index is -0.226. The minimum absolute atomic E-state index is 0.0348. The molecule has 2 amide bonds. The van der Waals surface area contributed by atoms with Gasteiger partial charge in [0, 0.05) is 42.9 Å². The maximum atomic E-state index is 12.8. The Morgan fingerprint density at radius 1 is 1.10 bits per heavy atom. The van der Waals surface area contributed by atoms with E-state index in [-0.39, 0.29) is 17.7 Å². The van der Waals surface area contributed by atoms with E-state index in [1.54, 1.807) is 0 Å². The van der Waals surface area contributed by atoms with Crippen LogP contribution in [0.5, 0.6) is 0 Å². The number of fused-ring (bicyclic) bond motifs is 1. The van der Waals surface area contributed by atoms with Crippen LogP contribution >= 0.6 is 0 Å². The van der Waals surface area contributed by atoms with E-state index in [9.17, 15) is 9.59 Å². The van der Waals surface area contributed by atoms with E-state index >= 15 is 0 Å². The SMILES string of the molecule is Cn1cc(CC(=O)Nc2ccccc2CN2CCCC(C(N)=O)C2)c2ccccc21. The van der Waals surface area contributed by atoms with Crippen LogP contribution in [0.2, 0.25) is 0 Å². The number of para-hydroxylation sites is 2. The summed E-state index contributed by atoms with van der Waals surface area (Å²) in [6.07, 6.45) is 4.16. The van der Waals surface area contributed by atoms with E-state index in [0.717, 1.165) is 47.1 Å². The highest BCUT2D eigenvalue weighted by Crippen LogP contribution is 2.24. The third-order valence-electron chi connectivity index (χ3n) is 5.92. The lowest BCUT2D eigenvalue weighted by molar-refractivity contribution is -0.123. The van der Waals surface area contributed by atoms with Crippen molar-refractivity contribution in [3.8, 4) is 0 Å². The second-order valence-corrected chi connectivity index (χ2v) is 8.14. The molecular formula is C24H28N4O2. The number of carbonyl (C=O) groups is 2. The quantitative estimate of drug-likeness (QED) is 0.663. The smallest absolute Gasteiger partial charge is 0.228 e. The number of aromatic nitrogens is 1. The summed E-state index contributed by atoms with van der Waals surface area (Å²) >= 11 is 0. The lowest BCUT2D eigenvalue weighted by Crippen LogP contribution is -2.40. The van der Waals surface area contributed by atoms with Crippen molar-refractivity contribution in [3.05, 3.63) is 65.9 Å². The van der Waals surface area contributed by atoms with Gasteiger partial charge in [-0.3, -0.25) is 14.5 Å². The summed E-state index contributed by atoms with van der Waals surface area (Å²) in [5, 5.41) is 4.20. The Bertz CT molecular complexity index is 1070. The van der Waals surface area contributed by atoms with E-state index in [1.165, 1.54) is 0 Å². The monoisotopic (exact) mass is 404 g/mol. The molecule has 1 atom stereocenters. The van der Waals surface area contributed by atoms with Gasteiger partial charge < -0.3 is 15.6 Å². The van der Waals surface area contributed by atoms with Crippen LogP contribution in [0.15, 0.2) is 54.7 Å². The standard InChI is InChI=1S/C24H28N4O2/c1-27-14-19(20-9-3-5-11-22(20)27)13-23(29)26-21-10-4-2-7-17(21)15-28-12-6-8-18(16-28)24(25)30/h2-5,7,9-11,14,18H,6,8,12-13,15-16H2,1H3,(H2,25,30)(H,26,29). The van der Waals surface area contributed by atoms with Crippen LogP contribution in [0.4, 0.5) is 5.69 Å². The summed E-state index contributed by atoms with van der Waals surface area (Å²) in [6.45, 7) is 2.30. The van der Waals surface area contributed by atoms with Crippen molar-refractivity contribution in [2.75, 3.05) is 18.4 Å². The van der Waals surface area contributed by atoms with Crippen LogP contribution < -0.4 is 11.1 Å². The van der Waals surface area contributed by atoms with Gasteiger partial charge in [-0.25, -0.2) is 0 Å². The molecule has 1 unspecified atom stereocenters. The fourth-order valence-corrected chi connectivity index (χ4v) is 4.39. The van der Waals surface area contributed by atoms with Crippen molar-refractivity contribution >= 4 is 28.4 Å². The Kier molecular flexibility index (Phi) is 5.86. The van der Waals surface area contributed by atoms with Crippen molar-refractivity contribution in [2.24, 2.45) is 18.7 Å². The van der Waals surface area contributed by atoms with Gasteiger partial charge in [0.1, 0.15) is 0 Å². The Morgan fingerprint density at radius 2 is 1.87 bits per heavy atom. The third-order valence-corrected chi connectivity index (χ3v) is 5.92. The molecule has 6 nitrogen and oxygen atoms in total. The molecule has 2 heterocycles. The van der Waals surface area contributed by atoms with E-state index < -0.39 is 0 Å². The molecule has 0 bridgehead atoms. The fraction of sp³-hybridized carbons (Fsp3) is 0.333. The predicted octanol–water partition coefficient (Wildman–Crippen LogP) is 3.06. The number of hydrogen-bond acceptors (Lipinski definition) is 3. The number of amides is 2. The molecule has 0 saturated carbocycles. The first-order chi connectivity index (χ1) is 14.5. The zero-order valence-electron chi connectivity index (χ0n) is 17.3. The van der Waals surface area contributed by atoms with Crippen molar-refractivity contribution in [2.45, 2.75) is 25.8 Å². The number of carbonyl (C=O) groups excluding carboxylic acids is 2. The normalized spacial score (nSPS) is 17.2. The molecule has 0 aliphatic carbocycles. The zero-order chi connectivity index (χ0) is 21.1. The average molecular weight is 405 g/mol. The van der Waals surface area contributed by atoms with Crippen molar-refractivity contribution in [1.29, 1.82) is 0 Å². The molecule has 0 spiro atoms. The topological polar surface area (TPSA) is 80.4 Å². The number of nitrogens with two attached hydrogens (primary N) is 1. The summed E-state index contributed by atoms with van der Waals surface area (Å²) in [5.41, 5.74) is 9.52. The average Bonchev–Trinajstić information content (AvgIpc) is 3.05. The van der Waals surface area contributed by atoms with Crippen molar-refractivity contribution in [1.82, 2.24) is 9.47 Å². The first kappa shape index (κ1) is 20.2. The summed E-state index contributed by atoms with van der Waals surface area (Å²) in [5.74, 6) is -0.351. The molecule has 1 fully saturated rings. The third kappa shape index (κ3) is 4.39. The Labute approximate surface area is 176 Å². The highest BCUT2D eigenvalue weighted by molar-refractivity contribution is 5.96. The second-order valence-electron chi connectivity index (χ2n) is 8.14. The number of primary amides is 1. The summed E-state index contributed by atoms with van der Waals surface area (Å²) in [6, 6.07) is 16.0. The van der Waals surface area contributed by atoms with E-state index in [4.69, 9.17) is 5.73 Å². The molecule has 3 N–H and O–H groups in total. The van der Waals surface area contributed by atoms with E-state index in [0.29, 0.717) is 19.5 Å². The molecule has 1 aromatic heterocycles. The highest BCUT2D eigenvalue weighted by atomic mass is 16.2. The summed E-state index contributed by atoms with van der Waals surface area (Å²) in [4.78, 5) is 26.6. The van der Waals surface area contributed by atoms with Crippen molar-refractivity contribution < 1.29 is 9.59 Å². The van der Waals surface area contributed by atoms with Gasteiger partial charge in [0.2, 0.25) is 11.8 Å². The molecule has 30 heavy (non-hydrogen) atoms. The van der Waals surface area contributed by atoms with Gasteiger partial charge in [0.25, 0.3) is 0 Å². The molecule has 6 heteroatoms. The second kappa shape index (κ2) is 8.71. The highest BCUT2D eigenvalue weighted by Gasteiger charge is 2.24. The predicted molar refractivity (Wildman–Crippen MR) is 119 cm³/mol. The minimum Gasteiger partial charge on any atom is -0.369 e. The van der Waals surface area contributed by atoms with Crippen molar-refractivity contribution in [3.63, 3.8) is 0 Å².